The lowest BCUT2D eigenvalue weighted by molar-refractivity contribution is -0.134. The third kappa shape index (κ3) is 2.46. The highest BCUT2D eigenvalue weighted by atomic mass is 16.5. The monoisotopic (exact) mass is 187 g/mol. The Morgan fingerprint density at radius 3 is 2.86 bits per heavy atom. The molecule has 0 bridgehead atoms. The number of carbonyl (C=O) groups excluding carboxylic acids is 1. The molecule has 14 heavy (non-hydrogen) atoms. The molecule has 0 aromatic heterocycles. The number of ether oxygens (including phenoxy) is 1. The second-order valence-electron chi connectivity index (χ2n) is 2.56. The fourth-order valence-electron chi connectivity index (χ4n) is 0.970. The molecule has 0 aliphatic heterocycles. The van der Waals surface area contributed by atoms with E-state index in [4.69, 9.17) is 5.26 Å². The predicted molar refractivity (Wildman–Crippen MR) is 52.2 cm³/mol. The lowest BCUT2D eigenvalue weighted by Gasteiger charge is -1.95. The summed E-state index contributed by atoms with van der Waals surface area (Å²) in [5.41, 5.74) is 1.24. The van der Waals surface area contributed by atoms with E-state index < -0.39 is 5.97 Å². The minimum Gasteiger partial charge on any atom is -0.466 e. The molecule has 1 aromatic carbocycles. The molecule has 70 valence electrons. The van der Waals surface area contributed by atoms with Gasteiger partial charge in [-0.3, -0.25) is 0 Å². The Hall–Kier alpha value is -2.08. The fraction of sp³-hybridized carbons (Fsp3) is 0.0909. The van der Waals surface area contributed by atoms with Crippen molar-refractivity contribution in [2.24, 2.45) is 0 Å². The summed E-state index contributed by atoms with van der Waals surface area (Å²) in [6, 6.07) is 9.06. The van der Waals surface area contributed by atoms with Gasteiger partial charge in [-0.1, -0.05) is 18.2 Å². The molecule has 0 fully saturated rings. The molecular formula is C11H9NO2. The minimum atomic E-state index is -0.433. The Labute approximate surface area is 82.2 Å². The lowest BCUT2D eigenvalue weighted by atomic mass is 10.1. The van der Waals surface area contributed by atoms with E-state index in [1.54, 1.807) is 30.3 Å². The van der Waals surface area contributed by atoms with E-state index in [9.17, 15) is 4.79 Å². The molecule has 3 nitrogen and oxygen atoms in total. The zero-order valence-electron chi connectivity index (χ0n) is 7.73. The molecule has 0 heterocycles. The van der Waals surface area contributed by atoms with Crippen LogP contribution in [0.25, 0.3) is 6.08 Å². The Bertz CT molecular complexity index is 402. The van der Waals surface area contributed by atoms with Crippen LogP contribution in [0.15, 0.2) is 30.3 Å². The zero-order chi connectivity index (χ0) is 10.4. The number of nitrogens with zero attached hydrogens (tertiary/aromatic N) is 1. The average molecular weight is 187 g/mol. The van der Waals surface area contributed by atoms with Gasteiger partial charge in [0, 0.05) is 6.08 Å². The summed E-state index contributed by atoms with van der Waals surface area (Å²) in [4.78, 5) is 10.8. The molecule has 0 radical (unpaired) electrons. The quantitative estimate of drug-likeness (QED) is 0.523. The summed E-state index contributed by atoms with van der Waals surface area (Å²) in [7, 11) is 1.31. The van der Waals surface area contributed by atoms with Crippen molar-refractivity contribution in [2.45, 2.75) is 0 Å². The largest absolute Gasteiger partial charge is 0.466 e. The van der Waals surface area contributed by atoms with E-state index in [0.717, 1.165) is 0 Å². The van der Waals surface area contributed by atoms with Crippen LogP contribution in [0.2, 0.25) is 0 Å². The number of nitriles is 1. The van der Waals surface area contributed by atoms with Crippen molar-refractivity contribution in [3.8, 4) is 6.07 Å². The predicted octanol–water partition coefficient (Wildman–Crippen LogP) is 1.74. The normalized spacial score (nSPS) is 9.71. The van der Waals surface area contributed by atoms with Gasteiger partial charge in [-0.05, 0) is 17.7 Å². The number of carbonyl (C=O) groups is 1. The maximum absolute atomic E-state index is 10.8. The summed E-state index contributed by atoms with van der Waals surface area (Å²) in [5.74, 6) is -0.433. The molecule has 0 N–H and O–H groups in total. The molecule has 0 unspecified atom stereocenters. The van der Waals surface area contributed by atoms with E-state index in [1.165, 1.54) is 13.2 Å². The first-order valence-corrected chi connectivity index (χ1v) is 4.03. The van der Waals surface area contributed by atoms with Crippen molar-refractivity contribution in [2.75, 3.05) is 7.11 Å². The van der Waals surface area contributed by atoms with Crippen LogP contribution in [-0.4, -0.2) is 13.1 Å². The van der Waals surface area contributed by atoms with Gasteiger partial charge in [0.1, 0.15) is 0 Å². The van der Waals surface area contributed by atoms with Crippen molar-refractivity contribution in [1.82, 2.24) is 0 Å². The summed E-state index contributed by atoms with van der Waals surface area (Å²) in [6.45, 7) is 0. The van der Waals surface area contributed by atoms with Crippen LogP contribution in [0.4, 0.5) is 0 Å². The Morgan fingerprint density at radius 1 is 1.50 bits per heavy atom. The highest BCUT2D eigenvalue weighted by Gasteiger charge is 1.97. The van der Waals surface area contributed by atoms with Crippen LogP contribution in [0.3, 0.4) is 0 Å². The number of benzene rings is 1. The molecule has 0 amide bonds. The average Bonchev–Trinajstić information content (AvgIpc) is 2.26. The van der Waals surface area contributed by atoms with Crippen LogP contribution >= 0.6 is 0 Å². The van der Waals surface area contributed by atoms with Crippen LogP contribution < -0.4 is 0 Å². The van der Waals surface area contributed by atoms with Gasteiger partial charge in [-0.25, -0.2) is 4.79 Å². The maximum Gasteiger partial charge on any atom is 0.330 e. The van der Waals surface area contributed by atoms with Crippen LogP contribution in [0.5, 0.6) is 0 Å². The van der Waals surface area contributed by atoms with Gasteiger partial charge in [0.15, 0.2) is 0 Å². The molecule has 0 atom stereocenters. The number of methoxy groups -OCH3 is 1. The van der Waals surface area contributed by atoms with Gasteiger partial charge in [0.2, 0.25) is 0 Å². The minimum absolute atomic E-state index is 0.433. The fourth-order valence-corrected chi connectivity index (χ4v) is 0.970. The standard InChI is InChI=1S/C11H9NO2/c1-14-11(13)7-6-9-4-2-3-5-10(9)8-12/h2-7H,1H3. The number of rotatable bonds is 2. The molecule has 0 aliphatic rings. The Balaban J connectivity index is 2.92. The van der Waals surface area contributed by atoms with Crippen molar-refractivity contribution in [1.29, 1.82) is 5.26 Å². The van der Waals surface area contributed by atoms with Gasteiger partial charge in [0.05, 0.1) is 18.7 Å². The SMILES string of the molecule is COC(=O)C=Cc1ccccc1C#N. The molecule has 1 rings (SSSR count). The summed E-state index contributed by atoms with van der Waals surface area (Å²) >= 11 is 0. The number of esters is 1. The first-order chi connectivity index (χ1) is 6.77. The molecule has 0 saturated carbocycles. The summed E-state index contributed by atoms with van der Waals surface area (Å²) < 4.78 is 4.44. The van der Waals surface area contributed by atoms with E-state index in [0.29, 0.717) is 11.1 Å². The highest BCUT2D eigenvalue weighted by Crippen LogP contribution is 2.08. The third-order valence-corrected chi connectivity index (χ3v) is 1.68. The molecular weight excluding hydrogens is 178 g/mol. The second-order valence-corrected chi connectivity index (χ2v) is 2.56. The molecule has 3 heteroatoms. The molecule has 0 aliphatic carbocycles. The Morgan fingerprint density at radius 2 is 2.21 bits per heavy atom. The maximum atomic E-state index is 10.8. The summed E-state index contributed by atoms with van der Waals surface area (Å²) in [6.07, 6.45) is 2.85. The topological polar surface area (TPSA) is 50.1 Å². The first-order valence-electron chi connectivity index (χ1n) is 4.03. The van der Waals surface area contributed by atoms with Gasteiger partial charge < -0.3 is 4.74 Å². The van der Waals surface area contributed by atoms with Crippen molar-refractivity contribution in [3.63, 3.8) is 0 Å². The van der Waals surface area contributed by atoms with Gasteiger partial charge in [-0.2, -0.15) is 5.26 Å². The molecule has 0 spiro atoms. The van der Waals surface area contributed by atoms with Gasteiger partial charge in [-0.15, -0.1) is 0 Å². The van der Waals surface area contributed by atoms with Crippen LogP contribution in [-0.2, 0) is 9.53 Å². The van der Waals surface area contributed by atoms with Crippen molar-refractivity contribution >= 4 is 12.0 Å². The van der Waals surface area contributed by atoms with Crippen LogP contribution in [0.1, 0.15) is 11.1 Å². The van der Waals surface area contributed by atoms with Gasteiger partial charge >= 0.3 is 5.97 Å². The first kappa shape index (κ1) is 10.0. The van der Waals surface area contributed by atoms with Gasteiger partial charge in [0.25, 0.3) is 0 Å². The molecule has 1 aromatic rings. The summed E-state index contributed by atoms with van der Waals surface area (Å²) in [5, 5.41) is 8.74. The van der Waals surface area contributed by atoms with Crippen molar-refractivity contribution < 1.29 is 9.53 Å². The van der Waals surface area contributed by atoms with Crippen molar-refractivity contribution in [3.05, 3.63) is 41.5 Å². The van der Waals surface area contributed by atoms with Crippen LogP contribution in [0, 0.1) is 11.3 Å². The number of hydrogen-bond acceptors (Lipinski definition) is 3. The number of hydrogen-bond donors (Lipinski definition) is 0. The third-order valence-electron chi connectivity index (χ3n) is 1.68. The zero-order valence-corrected chi connectivity index (χ0v) is 7.73. The highest BCUT2D eigenvalue weighted by molar-refractivity contribution is 5.87. The van der Waals surface area contributed by atoms with E-state index in [1.807, 2.05) is 6.07 Å². The lowest BCUT2D eigenvalue weighted by Crippen LogP contribution is -1.93. The smallest absolute Gasteiger partial charge is 0.330 e. The Kier molecular flexibility index (Phi) is 3.45. The van der Waals surface area contributed by atoms with E-state index >= 15 is 0 Å². The molecule has 0 saturated heterocycles. The van der Waals surface area contributed by atoms with E-state index in [-0.39, 0.29) is 0 Å². The van der Waals surface area contributed by atoms with E-state index in [2.05, 4.69) is 4.74 Å². The second kappa shape index (κ2) is 4.83.